The molecule has 0 spiro atoms. The zero-order valence-corrected chi connectivity index (χ0v) is 12.8. The predicted molar refractivity (Wildman–Crippen MR) is 81.0 cm³/mol. The first-order chi connectivity index (χ1) is 9.55. The van der Waals surface area contributed by atoms with E-state index in [0.29, 0.717) is 13.1 Å². The van der Waals surface area contributed by atoms with Crippen LogP contribution in [0.2, 0.25) is 0 Å². The third-order valence-electron chi connectivity index (χ3n) is 3.58. The Labute approximate surface area is 121 Å². The summed E-state index contributed by atoms with van der Waals surface area (Å²) in [7, 11) is -3.02. The van der Waals surface area contributed by atoms with Gasteiger partial charge in [-0.2, -0.15) is 4.31 Å². The van der Waals surface area contributed by atoms with Crippen molar-refractivity contribution < 1.29 is 8.42 Å². The maximum atomic E-state index is 11.4. The normalized spacial score (nSPS) is 18.2. The van der Waals surface area contributed by atoms with Crippen LogP contribution in [0.25, 0.3) is 0 Å². The van der Waals surface area contributed by atoms with Crippen LogP contribution in [0.5, 0.6) is 0 Å². The number of piperazine rings is 1. The molecular weight excluding hydrogens is 274 g/mol. The number of sulfonamides is 1. The van der Waals surface area contributed by atoms with Gasteiger partial charge in [-0.25, -0.2) is 8.42 Å². The molecular formula is C14H23N3O2S. The monoisotopic (exact) mass is 297 g/mol. The average Bonchev–Trinajstić information content (AvgIpc) is 2.44. The highest BCUT2D eigenvalue weighted by molar-refractivity contribution is 7.88. The molecule has 0 amide bonds. The van der Waals surface area contributed by atoms with Crippen molar-refractivity contribution in [3.05, 3.63) is 35.9 Å². The van der Waals surface area contributed by atoms with E-state index < -0.39 is 10.0 Å². The van der Waals surface area contributed by atoms with Crippen LogP contribution in [0.15, 0.2) is 30.3 Å². The molecule has 20 heavy (non-hydrogen) atoms. The Morgan fingerprint density at radius 2 is 1.75 bits per heavy atom. The van der Waals surface area contributed by atoms with E-state index in [4.69, 9.17) is 0 Å². The molecule has 2 rings (SSSR count). The van der Waals surface area contributed by atoms with Gasteiger partial charge < -0.3 is 5.32 Å². The van der Waals surface area contributed by atoms with E-state index in [-0.39, 0.29) is 0 Å². The second-order valence-corrected chi connectivity index (χ2v) is 7.15. The van der Waals surface area contributed by atoms with Crippen molar-refractivity contribution in [2.24, 2.45) is 0 Å². The van der Waals surface area contributed by atoms with Gasteiger partial charge in [0.05, 0.1) is 6.26 Å². The average molecular weight is 297 g/mol. The summed E-state index contributed by atoms with van der Waals surface area (Å²) in [5.74, 6) is 0. The van der Waals surface area contributed by atoms with Crippen molar-refractivity contribution in [3.63, 3.8) is 0 Å². The van der Waals surface area contributed by atoms with E-state index in [9.17, 15) is 8.42 Å². The summed E-state index contributed by atoms with van der Waals surface area (Å²) in [6.07, 6.45) is 1.28. The molecule has 1 aromatic rings. The second-order valence-electron chi connectivity index (χ2n) is 5.17. The maximum Gasteiger partial charge on any atom is 0.211 e. The molecule has 0 saturated carbocycles. The first kappa shape index (κ1) is 15.4. The zero-order valence-electron chi connectivity index (χ0n) is 12.0. The Bertz CT molecular complexity index is 496. The fourth-order valence-electron chi connectivity index (χ4n) is 2.35. The lowest BCUT2D eigenvalue weighted by Crippen LogP contribution is -2.49. The zero-order chi connectivity index (χ0) is 14.4. The molecule has 1 heterocycles. The molecule has 1 aliphatic heterocycles. The quantitative estimate of drug-likeness (QED) is 0.770. The van der Waals surface area contributed by atoms with E-state index in [2.05, 4.69) is 22.3 Å². The summed E-state index contributed by atoms with van der Waals surface area (Å²) in [6, 6.07) is 10.3. The van der Waals surface area contributed by atoms with Crippen LogP contribution in [-0.4, -0.2) is 63.1 Å². The van der Waals surface area contributed by atoms with Gasteiger partial charge >= 0.3 is 0 Å². The Morgan fingerprint density at radius 1 is 1.10 bits per heavy atom. The summed E-state index contributed by atoms with van der Waals surface area (Å²) in [5.41, 5.74) is 1.29. The molecule has 6 heteroatoms. The van der Waals surface area contributed by atoms with Gasteiger partial charge in [-0.3, -0.25) is 4.90 Å². The third-order valence-corrected chi connectivity index (χ3v) is 4.88. The summed E-state index contributed by atoms with van der Waals surface area (Å²) < 4.78 is 24.4. The van der Waals surface area contributed by atoms with Gasteiger partial charge in [0.1, 0.15) is 0 Å². The Kier molecular flexibility index (Phi) is 5.54. The maximum absolute atomic E-state index is 11.4. The van der Waals surface area contributed by atoms with Crippen molar-refractivity contribution in [3.8, 4) is 0 Å². The van der Waals surface area contributed by atoms with Gasteiger partial charge in [0, 0.05) is 45.8 Å². The summed E-state index contributed by atoms with van der Waals surface area (Å²) in [6.45, 7) is 5.62. The van der Waals surface area contributed by atoms with E-state index >= 15 is 0 Å². The highest BCUT2D eigenvalue weighted by atomic mass is 32.2. The number of benzene rings is 1. The highest BCUT2D eigenvalue weighted by Gasteiger charge is 2.22. The Morgan fingerprint density at radius 3 is 2.35 bits per heavy atom. The number of rotatable bonds is 6. The summed E-state index contributed by atoms with van der Waals surface area (Å²) >= 11 is 0. The van der Waals surface area contributed by atoms with Crippen LogP contribution in [0.1, 0.15) is 5.56 Å². The lowest BCUT2D eigenvalue weighted by Gasteiger charge is -2.33. The lowest BCUT2D eigenvalue weighted by molar-refractivity contribution is 0.189. The van der Waals surface area contributed by atoms with Crippen molar-refractivity contribution in [2.75, 3.05) is 45.5 Å². The number of hydrogen-bond donors (Lipinski definition) is 1. The largest absolute Gasteiger partial charge is 0.311 e. The van der Waals surface area contributed by atoms with Crippen LogP contribution in [-0.2, 0) is 16.6 Å². The molecule has 0 unspecified atom stereocenters. The minimum absolute atomic E-state index is 0.609. The fraction of sp³-hybridized carbons (Fsp3) is 0.571. The van der Waals surface area contributed by atoms with Gasteiger partial charge in [-0.15, -0.1) is 0 Å². The van der Waals surface area contributed by atoms with E-state index in [1.807, 2.05) is 18.2 Å². The Hall–Kier alpha value is -0.950. The van der Waals surface area contributed by atoms with Crippen molar-refractivity contribution in [1.82, 2.24) is 14.5 Å². The highest BCUT2D eigenvalue weighted by Crippen LogP contribution is 2.05. The van der Waals surface area contributed by atoms with Crippen molar-refractivity contribution >= 4 is 10.0 Å². The van der Waals surface area contributed by atoms with Crippen LogP contribution in [0.4, 0.5) is 0 Å². The molecule has 1 fully saturated rings. The van der Waals surface area contributed by atoms with E-state index in [1.54, 1.807) is 4.31 Å². The second kappa shape index (κ2) is 7.17. The molecule has 112 valence electrons. The smallest absolute Gasteiger partial charge is 0.211 e. The van der Waals surface area contributed by atoms with Gasteiger partial charge in [-0.05, 0) is 5.56 Å². The van der Waals surface area contributed by atoms with Gasteiger partial charge in [-0.1, -0.05) is 30.3 Å². The summed E-state index contributed by atoms with van der Waals surface area (Å²) in [5, 5.41) is 3.42. The predicted octanol–water partition coefficient (Wildman–Crippen LogP) is 0.353. The van der Waals surface area contributed by atoms with Gasteiger partial charge in [0.15, 0.2) is 0 Å². The van der Waals surface area contributed by atoms with Crippen LogP contribution in [0.3, 0.4) is 0 Å². The third kappa shape index (κ3) is 4.86. The molecule has 1 aromatic carbocycles. The van der Waals surface area contributed by atoms with Crippen LogP contribution in [0, 0.1) is 0 Å². The van der Waals surface area contributed by atoms with Gasteiger partial charge in [0.2, 0.25) is 10.0 Å². The number of hydrogen-bond acceptors (Lipinski definition) is 4. The molecule has 1 aliphatic rings. The number of nitrogens with zero attached hydrogens (tertiary/aromatic N) is 2. The molecule has 0 radical (unpaired) electrons. The minimum Gasteiger partial charge on any atom is -0.311 e. The molecule has 5 nitrogen and oxygen atoms in total. The summed E-state index contributed by atoms with van der Waals surface area (Å²) in [4.78, 5) is 2.31. The standard InChI is InChI=1S/C14H23N3O2S/c1-20(18,19)17-11-9-16(10-12-17)8-7-15-13-14-5-3-2-4-6-14/h2-6,15H,7-13H2,1H3. The van der Waals surface area contributed by atoms with Gasteiger partial charge in [0.25, 0.3) is 0 Å². The van der Waals surface area contributed by atoms with Crippen LogP contribution < -0.4 is 5.32 Å². The Balaban J connectivity index is 1.62. The molecule has 0 bridgehead atoms. The molecule has 1 N–H and O–H groups in total. The SMILES string of the molecule is CS(=O)(=O)N1CCN(CCNCc2ccccc2)CC1. The van der Waals surface area contributed by atoms with E-state index in [0.717, 1.165) is 32.7 Å². The molecule has 1 saturated heterocycles. The molecule has 0 aromatic heterocycles. The first-order valence-electron chi connectivity index (χ1n) is 6.98. The lowest BCUT2D eigenvalue weighted by atomic mass is 10.2. The number of nitrogens with one attached hydrogen (secondary N) is 1. The van der Waals surface area contributed by atoms with Crippen LogP contribution >= 0.6 is 0 Å². The topological polar surface area (TPSA) is 52.7 Å². The van der Waals surface area contributed by atoms with Crippen molar-refractivity contribution in [2.45, 2.75) is 6.54 Å². The first-order valence-corrected chi connectivity index (χ1v) is 8.82. The minimum atomic E-state index is -3.02. The molecule has 0 aliphatic carbocycles. The van der Waals surface area contributed by atoms with E-state index in [1.165, 1.54) is 11.8 Å². The fourth-order valence-corrected chi connectivity index (χ4v) is 3.18. The molecule has 0 atom stereocenters. The van der Waals surface area contributed by atoms with Crippen molar-refractivity contribution in [1.29, 1.82) is 0 Å².